The van der Waals surface area contributed by atoms with Crippen LogP contribution in [0, 0.1) is 5.82 Å². The second-order valence-corrected chi connectivity index (χ2v) is 4.24. The molecule has 3 N–H and O–H groups in total. The summed E-state index contributed by atoms with van der Waals surface area (Å²) in [4.78, 5) is 35.1. The SMILES string of the molecule is CNC(=O)CCN(C)C(=O)Nc1cccc(F)c1C(=O)O. The van der Waals surface area contributed by atoms with E-state index in [2.05, 4.69) is 10.6 Å². The summed E-state index contributed by atoms with van der Waals surface area (Å²) in [6.45, 7) is 0.142. The average Bonchev–Trinajstić information content (AvgIpc) is 2.43. The molecule has 114 valence electrons. The Morgan fingerprint density at radius 2 is 2.00 bits per heavy atom. The molecule has 0 bridgehead atoms. The predicted octanol–water partition coefficient (Wildman–Crippen LogP) is 1.12. The average molecular weight is 297 g/mol. The van der Waals surface area contributed by atoms with Crippen molar-refractivity contribution in [2.24, 2.45) is 0 Å². The third-order valence-electron chi connectivity index (χ3n) is 2.77. The number of halogens is 1. The van der Waals surface area contributed by atoms with Gasteiger partial charge in [-0.25, -0.2) is 14.0 Å². The molecule has 1 rings (SSSR count). The Bertz CT molecular complexity index is 562. The molecule has 1 aromatic carbocycles. The van der Waals surface area contributed by atoms with Crippen LogP contribution in [0.5, 0.6) is 0 Å². The summed E-state index contributed by atoms with van der Waals surface area (Å²) in [5.41, 5.74) is -0.746. The van der Waals surface area contributed by atoms with Crippen molar-refractivity contribution in [3.63, 3.8) is 0 Å². The first-order valence-electron chi connectivity index (χ1n) is 6.11. The van der Waals surface area contributed by atoms with Gasteiger partial charge in [0.25, 0.3) is 0 Å². The third kappa shape index (κ3) is 4.44. The van der Waals surface area contributed by atoms with Gasteiger partial charge in [-0.2, -0.15) is 0 Å². The molecule has 21 heavy (non-hydrogen) atoms. The van der Waals surface area contributed by atoms with Gasteiger partial charge < -0.3 is 20.6 Å². The minimum Gasteiger partial charge on any atom is -0.478 e. The van der Waals surface area contributed by atoms with Crippen LogP contribution in [-0.4, -0.2) is 48.6 Å². The van der Waals surface area contributed by atoms with E-state index < -0.39 is 23.4 Å². The number of nitrogens with one attached hydrogen (secondary N) is 2. The number of hydrogen-bond acceptors (Lipinski definition) is 3. The molecule has 0 aliphatic carbocycles. The highest BCUT2D eigenvalue weighted by Gasteiger charge is 2.18. The highest BCUT2D eigenvalue weighted by atomic mass is 19.1. The Balaban J connectivity index is 2.77. The fraction of sp³-hybridized carbons (Fsp3) is 0.308. The van der Waals surface area contributed by atoms with Gasteiger partial charge in [0.2, 0.25) is 5.91 Å². The Hall–Kier alpha value is -2.64. The summed E-state index contributed by atoms with van der Waals surface area (Å²) in [6.07, 6.45) is 0.107. The number of rotatable bonds is 5. The number of carbonyl (C=O) groups is 3. The number of anilines is 1. The number of amides is 3. The van der Waals surface area contributed by atoms with Gasteiger partial charge >= 0.3 is 12.0 Å². The Labute approximate surface area is 120 Å². The lowest BCUT2D eigenvalue weighted by Gasteiger charge is -2.18. The second kappa shape index (κ2) is 7.22. The highest BCUT2D eigenvalue weighted by Crippen LogP contribution is 2.19. The zero-order chi connectivity index (χ0) is 16.0. The van der Waals surface area contributed by atoms with Crippen LogP contribution in [0.15, 0.2) is 18.2 Å². The molecule has 0 saturated heterocycles. The van der Waals surface area contributed by atoms with E-state index in [1.807, 2.05) is 0 Å². The summed E-state index contributed by atoms with van der Waals surface area (Å²) in [5, 5.41) is 13.7. The van der Waals surface area contributed by atoms with E-state index in [1.54, 1.807) is 0 Å². The van der Waals surface area contributed by atoms with E-state index in [9.17, 15) is 18.8 Å². The molecule has 0 spiro atoms. The molecule has 8 heteroatoms. The van der Waals surface area contributed by atoms with Crippen LogP contribution in [-0.2, 0) is 4.79 Å². The molecule has 0 atom stereocenters. The van der Waals surface area contributed by atoms with Crippen molar-refractivity contribution < 1.29 is 23.9 Å². The van der Waals surface area contributed by atoms with Crippen LogP contribution in [0.2, 0.25) is 0 Å². The van der Waals surface area contributed by atoms with Crippen LogP contribution in [0.3, 0.4) is 0 Å². The quantitative estimate of drug-likeness (QED) is 0.758. The Morgan fingerprint density at radius 3 is 2.57 bits per heavy atom. The molecule has 3 amide bonds. The lowest BCUT2D eigenvalue weighted by atomic mass is 10.1. The first-order valence-corrected chi connectivity index (χ1v) is 6.11. The predicted molar refractivity (Wildman–Crippen MR) is 73.7 cm³/mol. The van der Waals surface area contributed by atoms with Crippen LogP contribution in [0.1, 0.15) is 16.8 Å². The van der Waals surface area contributed by atoms with Gasteiger partial charge in [0, 0.05) is 27.1 Å². The molecule has 7 nitrogen and oxygen atoms in total. The molecule has 0 fully saturated rings. The summed E-state index contributed by atoms with van der Waals surface area (Å²) >= 11 is 0. The summed E-state index contributed by atoms with van der Waals surface area (Å²) in [5.74, 6) is -2.64. The fourth-order valence-corrected chi connectivity index (χ4v) is 1.55. The summed E-state index contributed by atoms with van der Waals surface area (Å²) < 4.78 is 13.5. The van der Waals surface area contributed by atoms with Gasteiger partial charge in [0.1, 0.15) is 11.4 Å². The minimum atomic E-state index is -1.48. The monoisotopic (exact) mass is 297 g/mol. The van der Waals surface area contributed by atoms with Gasteiger partial charge in [-0.05, 0) is 12.1 Å². The van der Waals surface area contributed by atoms with Gasteiger partial charge in [-0.3, -0.25) is 4.79 Å². The number of carboxylic acid groups (broad SMARTS) is 1. The molecule has 1 aromatic rings. The third-order valence-corrected chi connectivity index (χ3v) is 2.77. The van der Waals surface area contributed by atoms with Gasteiger partial charge in [-0.1, -0.05) is 6.07 Å². The van der Waals surface area contributed by atoms with Crippen LogP contribution in [0.25, 0.3) is 0 Å². The smallest absolute Gasteiger partial charge is 0.340 e. The number of hydrogen-bond donors (Lipinski definition) is 3. The van der Waals surface area contributed by atoms with E-state index in [0.29, 0.717) is 0 Å². The number of carboxylic acids is 1. The van der Waals surface area contributed by atoms with E-state index in [4.69, 9.17) is 5.11 Å². The van der Waals surface area contributed by atoms with Crippen LogP contribution >= 0.6 is 0 Å². The maximum Gasteiger partial charge on any atom is 0.340 e. The molecule has 0 unspecified atom stereocenters. The number of aromatic carboxylic acids is 1. The Kier molecular flexibility index (Phi) is 5.65. The molecule has 0 radical (unpaired) electrons. The number of carbonyl (C=O) groups excluding carboxylic acids is 2. The highest BCUT2D eigenvalue weighted by molar-refractivity contribution is 6.00. The van der Waals surface area contributed by atoms with Crippen molar-refractivity contribution in [1.29, 1.82) is 0 Å². The van der Waals surface area contributed by atoms with Crippen molar-refractivity contribution in [3.05, 3.63) is 29.6 Å². The summed E-state index contributed by atoms with van der Waals surface area (Å²) in [6, 6.07) is 2.94. The van der Waals surface area contributed by atoms with Crippen molar-refractivity contribution >= 4 is 23.6 Å². The topological polar surface area (TPSA) is 98.7 Å². The molecule has 0 saturated carbocycles. The zero-order valence-corrected chi connectivity index (χ0v) is 11.6. The van der Waals surface area contributed by atoms with Crippen LogP contribution < -0.4 is 10.6 Å². The maximum atomic E-state index is 13.5. The first-order chi connectivity index (χ1) is 9.86. The minimum absolute atomic E-state index is 0.107. The number of nitrogens with zero attached hydrogens (tertiary/aromatic N) is 1. The largest absolute Gasteiger partial charge is 0.478 e. The van der Waals surface area contributed by atoms with Crippen molar-refractivity contribution in [2.75, 3.05) is 26.0 Å². The number of benzene rings is 1. The number of urea groups is 1. The molecule has 0 heterocycles. The lowest BCUT2D eigenvalue weighted by molar-refractivity contribution is -0.120. The summed E-state index contributed by atoms with van der Waals surface area (Å²) in [7, 11) is 2.92. The lowest BCUT2D eigenvalue weighted by Crippen LogP contribution is -2.35. The van der Waals surface area contributed by atoms with Crippen molar-refractivity contribution in [1.82, 2.24) is 10.2 Å². The zero-order valence-electron chi connectivity index (χ0n) is 11.6. The van der Waals surface area contributed by atoms with Gasteiger partial charge in [0.15, 0.2) is 0 Å². The Morgan fingerprint density at radius 1 is 1.33 bits per heavy atom. The second-order valence-electron chi connectivity index (χ2n) is 4.24. The van der Waals surface area contributed by atoms with Crippen molar-refractivity contribution in [3.8, 4) is 0 Å². The van der Waals surface area contributed by atoms with E-state index in [0.717, 1.165) is 6.07 Å². The van der Waals surface area contributed by atoms with Gasteiger partial charge in [0.05, 0.1) is 5.69 Å². The van der Waals surface area contributed by atoms with E-state index in [1.165, 1.54) is 31.1 Å². The van der Waals surface area contributed by atoms with Crippen molar-refractivity contribution in [2.45, 2.75) is 6.42 Å². The molecule has 0 aliphatic heterocycles. The van der Waals surface area contributed by atoms with E-state index in [-0.39, 0.29) is 24.6 Å². The van der Waals surface area contributed by atoms with Gasteiger partial charge in [-0.15, -0.1) is 0 Å². The molecule has 0 aliphatic rings. The van der Waals surface area contributed by atoms with E-state index >= 15 is 0 Å². The maximum absolute atomic E-state index is 13.5. The molecular weight excluding hydrogens is 281 g/mol. The fourth-order valence-electron chi connectivity index (χ4n) is 1.55. The standard InChI is InChI=1S/C13H16FN3O4/c1-15-10(18)6-7-17(2)13(21)16-9-5-3-4-8(14)11(9)12(19)20/h3-5H,6-7H2,1-2H3,(H,15,18)(H,16,21)(H,19,20). The first kappa shape index (κ1) is 16.4. The van der Waals surface area contributed by atoms with Crippen LogP contribution in [0.4, 0.5) is 14.9 Å². The normalized spacial score (nSPS) is 9.86. The molecule has 0 aromatic heterocycles. The molecular formula is C13H16FN3O4.